The van der Waals surface area contributed by atoms with Gasteiger partial charge in [-0.15, -0.1) is 0 Å². The first-order valence-electron chi connectivity index (χ1n) is 11.0. The Hall–Kier alpha value is -2.52. The van der Waals surface area contributed by atoms with Gasteiger partial charge in [0.25, 0.3) is 0 Å². The zero-order chi connectivity index (χ0) is 21.3. The van der Waals surface area contributed by atoms with E-state index in [0.717, 1.165) is 5.70 Å². The summed E-state index contributed by atoms with van der Waals surface area (Å²) in [5.41, 5.74) is 7.59. The van der Waals surface area contributed by atoms with Crippen LogP contribution in [0.5, 0.6) is 0 Å². The maximum atomic E-state index is 6.02. The molecule has 3 fully saturated rings. The number of hydrogen-bond donors (Lipinski definition) is 2. The number of rotatable bonds is 4. The monoisotopic (exact) mass is 400 g/mol. The number of hydrogen-bond acceptors (Lipinski definition) is 3. The third-order valence-corrected chi connectivity index (χ3v) is 7.54. The maximum absolute atomic E-state index is 6.02. The standard InChI is InChI=1S/C27H32N2O/c1-7-11-18-20(8-2)28-22(26(18,3)4)14-16-24-17(25(16)30-24)15-23-27(5,6)19-12-9-10-13-21(19)29-23/h7-17,24-25,28-29H,2H2,1,3-6H3/b11-7-,22-14-,23-15-. The molecule has 1 aromatic rings. The van der Waals surface area contributed by atoms with E-state index in [9.17, 15) is 0 Å². The number of benzene rings is 1. The fraction of sp³-hybridized carbons (Fsp3) is 0.407. The first kappa shape index (κ1) is 19.4. The molecule has 4 aliphatic heterocycles. The first-order chi connectivity index (χ1) is 14.3. The van der Waals surface area contributed by atoms with Crippen LogP contribution in [0.15, 0.2) is 83.9 Å². The largest absolute Gasteiger partial charge is 0.372 e. The molecule has 5 aliphatic rings. The predicted octanol–water partition coefficient (Wildman–Crippen LogP) is 5.82. The number of nitrogens with one attached hydrogen (secondary N) is 2. The van der Waals surface area contributed by atoms with E-state index < -0.39 is 0 Å². The van der Waals surface area contributed by atoms with Gasteiger partial charge < -0.3 is 15.4 Å². The molecule has 2 bridgehead atoms. The topological polar surface area (TPSA) is 33.3 Å². The van der Waals surface area contributed by atoms with Crippen molar-refractivity contribution >= 4 is 5.69 Å². The molecular formula is C27H32N2O. The summed E-state index contributed by atoms with van der Waals surface area (Å²) in [5, 5.41) is 7.26. The van der Waals surface area contributed by atoms with Crippen molar-refractivity contribution in [2.24, 2.45) is 17.3 Å². The van der Waals surface area contributed by atoms with Gasteiger partial charge in [0.1, 0.15) is 0 Å². The minimum absolute atomic E-state index is 0.0196. The second kappa shape index (κ2) is 6.49. The highest BCUT2D eigenvalue weighted by molar-refractivity contribution is 5.68. The Morgan fingerprint density at radius 3 is 2.13 bits per heavy atom. The highest BCUT2D eigenvalue weighted by atomic mass is 16.6. The molecule has 2 saturated heterocycles. The molecule has 2 N–H and O–H groups in total. The van der Waals surface area contributed by atoms with Gasteiger partial charge in [-0.25, -0.2) is 0 Å². The molecule has 3 heteroatoms. The Kier molecular flexibility index (Phi) is 4.20. The summed E-state index contributed by atoms with van der Waals surface area (Å²) in [6.45, 7) is 15.2. The van der Waals surface area contributed by atoms with Crippen molar-refractivity contribution in [3.8, 4) is 0 Å². The molecule has 6 rings (SSSR count). The van der Waals surface area contributed by atoms with E-state index in [-0.39, 0.29) is 23.0 Å². The summed E-state index contributed by atoms with van der Waals surface area (Å²) in [6.07, 6.45) is 11.6. The molecule has 0 aromatic heterocycles. The number of ether oxygens (including phenoxy) is 1. The summed E-state index contributed by atoms with van der Waals surface area (Å²) in [7, 11) is 0. The molecule has 1 aromatic carbocycles. The Balaban J connectivity index is 1.34. The lowest BCUT2D eigenvalue weighted by Gasteiger charge is -2.62. The molecule has 1 saturated carbocycles. The fourth-order valence-electron chi connectivity index (χ4n) is 5.43. The molecule has 30 heavy (non-hydrogen) atoms. The normalized spacial score (nSPS) is 35.1. The lowest BCUT2D eigenvalue weighted by Crippen LogP contribution is -2.70. The molecule has 0 spiro atoms. The summed E-state index contributed by atoms with van der Waals surface area (Å²) >= 11 is 0. The van der Waals surface area contributed by atoms with Crippen LogP contribution in [0.3, 0.4) is 0 Å². The van der Waals surface area contributed by atoms with Gasteiger partial charge in [-0.2, -0.15) is 0 Å². The van der Waals surface area contributed by atoms with Gasteiger partial charge in [0, 0.05) is 45.4 Å². The highest BCUT2D eigenvalue weighted by Crippen LogP contribution is 2.56. The lowest BCUT2D eigenvalue weighted by atomic mass is 9.60. The van der Waals surface area contributed by atoms with Crippen molar-refractivity contribution in [1.82, 2.24) is 5.32 Å². The average molecular weight is 401 g/mol. The SMILES string of the molecule is C=CC1=C(/C=C\C)C(C)(C)/C(=C/C2C3OC2C3/C=C2\Nc3ccccc3C2(C)C)N1. The lowest BCUT2D eigenvalue weighted by molar-refractivity contribution is -0.313. The summed E-state index contributed by atoms with van der Waals surface area (Å²) < 4.78 is 6.02. The van der Waals surface area contributed by atoms with E-state index in [1.807, 2.05) is 6.08 Å². The number of anilines is 1. The molecule has 0 amide bonds. The van der Waals surface area contributed by atoms with Gasteiger partial charge in [-0.3, -0.25) is 0 Å². The minimum Gasteiger partial charge on any atom is -0.372 e. The van der Waals surface area contributed by atoms with E-state index in [0.29, 0.717) is 11.8 Å². The van der Waals surface area contributed by atoms with Crippen molar-refractivity contribution < 1.29 is 4.74 Å². The molecule has 2 unspecified atom stereocenters. The van der Waals surface area contributed by atoms with E-state index >= 15 is 0 Å². The van der Waals surface area contributed by atoms with Gasteiger partial charge in [0.2, 0.25) is 0 Å². The van der Waals surface area contributed by atoms with Crippen LogP contribution >= 0.6 is 0 Å². The molecule has 3 nitrogen and oxygen atoms in total. The first-order valence-corrected chi connectivity index (χ1v) is 11.0. The van der Waals surface area contributed by atoms with Gasteiger partial charge in [-0.1, -0.05) is 76.8 Å². The maximum Gasteiger partial charge on any atom is 0.0756 e. The molecule has 156 valence electrons. The van der Waals surface area contributed by atoms with Crippen molar-refractivity contribution in [2.75, 3.05) is 5.32 Å². The number of para-hydroxylation sites is 1. The van der Waals surface area contributed by atoms with Gasteiger partial charge >= 0.3 is 0 Å². The second-order valence-electron chi connectivity index (χ2n) is 9.96. The Morgan fingerprint density at radius 1 is 0.933 bits per heavy atom. The van der Waals surface area contributed by atoms with E-state index in [2.05, 4.69) is 100 Å². The molecule has 0 radical (unpaired) electrons. The average Bonchev–Trinajstić information content (AvgIpc) is 3.07. The van der Waals surface area contributed by atoms with Crippen LogP contribution in [-0.4, -0.2) is 12.2 Å². The smallest absolute Gasteiger partial charge is 0.0756 e. The van der Waals surface area contributed by atoms with E-state index in [1.54, 1.807) is 0 Å². The van der Waals surface area contributed by atoms with Crippen molar-refractivity contribution in [1.29, 1.82) is 0 Å². The van der Waals surface area contributed by atoms with Crippen molar-refractivity contribution in [3.63, 3.8) is 0 Å². The molecule has 2 atom stereocenters. The van der Waals surface area contributed by atoms with Crippen molar-refractivity contribution in [2.45, 2.75) is 52.2 Å². The van der Waals surface area contributed by atoms with Crippen molar-refractivity contribution in [3.05, 3.63) is 89.5 Å². The zero-order valence-electron chi connectivity index (χ0n) is 18.6. The Morgan fingerprint density at radius 2 is 1.57 bits per heavy atom. The second-order valence-corrected chi connectivity index (χ2v) is 9.96. The highest BCUT2D eigenvalue weighted by Gasteiger charge is 2.62. The van der Waals surface area contributed by atoms with Crippen LogP contribution in [-0.2, 0) is 10.2 Å². The summed E-state index contributed by atoms with van der Waals surface area (Å²) in [5.74, 6) is 0.978. The van der Waals surface area contributed by atoms with Crippen LogP contribution in [0.25, 0.3) is 0 Å². The number of allylic oxidation sites excluding steroid dienone is 5. The molecular weight excluding hydrogens is 368 g/mol. The number of fused-ring (bicyclic) bond motifs is 1. The van der Waals surface area contributed by atoms with E-state index in [1.165, 1.54) is 28.2 Å². The predicted molar refractivity (Wildman–Crippen MR) is 124 cm³/mol. The minimum atomic E-state index is -0.0390. The molecule has 4 heterocycles. The van der Waals surface area contributed by atoms with Crippen LogP contribution in [0.1, 0.15) is 40.2 Å². The fourth-order valence-corrected chi connectivity index (χ4v) is 5.43. The van der Waals surface area contributed by atoms with E-state index in [4.69, 9.17) is 4.74 Å². The van der Waals surface area contributed by atoms with Gasteiger partial charge in [-0.05, 0) is 30.2 Å². The van der Waals surface area contributed by atoms with Gasteiger partial charge in [0.05, 0.1) is 12.2 Å². The third-order valence-electron chi connectivity index (χ3n) is 7.54. The summed E-state index contributed by atoms with van der Waals surface area (Å²) in [6, 6.07) is 8.63. The van der Waals surface area contributed by atoms with Crippen LogP contribution < -0.4 is 10.6 Å². The van der Waals surface area contributed by atoms with Crippen LogP contribution in [0.4, 0.5) is 5.69 Å². The third kappa shape index (κ3) is 2.54. The Labute approximate surface area is 180 Å². The summed E-state index contributed by atoms with van der Waals surface area (Å²) in [4.78, 5) is 0. The molecule has 1 aliphatic carbocycles. The zero-order valence-corrected chi connectivity index (χ0v) is 18.6. The van der Waals surface area contributed by atoms with Crippen LogP contribution in [0.2, 0.25) is 0 Å². The van der Waals surface area contributed by atoms with Crippen LogP contribution in [0, 0.1) is 17.3 Å². The quantitative estimate of drug-likeness (QED) is 0.668. The Bertz CT molecular complexity index is 1030. The van der Waals surface area contributed by atoms with Gasteiger partial charge in [0.15, 0.2) is 0 Å².